The van der Waals surface area contributed by atoms with Gasteiger partial charge < -0.3 is 9.47 Å². The second kappa shape index (κ2) is 11.3. The van der Waals surface area contributed by atoms with Gasteiger partial charge in [0, 0.05) is 5.02 Å². The Bertz CT molecular complexity index is 1470. The van der Waals surface area contributed by atoms with E-state index in [0.29, 0.717) is 41.3 Å². The molecule has 37 heavy (non-hydrogen) atoms. The molecule has 1 heterocycles. The summed E-state index contributed by atoms with van der Waals surface area (Å²) in [6.45, 7) is 1.89. The fraction of sp³-hybridized carbons (Fsp3) is 0.115. The Morgan fingerprint density at radius 3 is 2.46 bits per heavy atom. The number of hydrogen-bond donors (Lipinski definition) is 1. The fourth-order valence-corrected chi connectivity index (χ4v) is 4.90. The van der Waals surface area contributed by atoms with Crippen LogP contribution in [0, 0.1) is 10.5 Å². The van der Waals surface area contributed by atoms with Gasteiger partial charge in [0.15, 0.2) is 11.5 Å². The Morgan fingerprint density at radius 1 is 1.00 bits per heavy atom. The van der Waals surface area contributed by atoms with Crippen LogP contribution in [-0.2, 0) is 16.2 Å². The van der Waals surface area contributed by atoms with Crippen LogP contribution in [0.5, 0.6) is 11.5 Å². The van der Waals surface area contributed by atoms with E-state index in [4.69, 9.17) is 44.3 Å². The lowest BCUT2D eigenvalue weighted by Crippen LogP contribution is -2.54. The lowest BCUT2D eigenvalue weighted by Gasteiger charge is -2.27. The van der Waals surface area contributed by atoms with E-state index in [9.17, 15) is 14.4 Å². The predicted molar refractivity (Wildman–Crippen MR) is 152 cm³/mol. The van der Waals surface area contributed by atoms with Crippen molar-refractivity contribution in [2.75, 3.05) is 12.0 Å². The minimum Gasteiger partial charge on any atom is -0.493 e. The average molecular weight is 672 g/mol. The molecule has 1 saturated heterocycles. The maximum Gasteiger partial charge on any atom is 0.335 e. The van der Waals surface area contributed by atoms with Crippen LogP contribution in [0.4, 0.5) is 10.5 Å². The first-order valence-electron chi connectivity index (χ1n) is 10.7. The van der Waals surface area contributed by atoms with E-state index in [2.05, 4.69) is 27.9 Å². The van der Waals surface area contributed by atoms with Gasteiger partial charge in [-0.2, -0.15) is 0 Å². The van der Waals surface area contributed by atoms with Crippen LogP contribution in [0.15, 0.2) is 54.1 Å². The van der Waals surface area contributed by atoms with Gasteiger partial charge in [-0.25, -0.2) is 9.69 Å². The molecule has 4 amide bonds. The highest BCUT2D eigenvalue weighted by molar-refractivity contribution is 14.1. The van der Waals surface area contributed by atoms with Crippen molar-refractivity contribution in [1.29, 1.82) is 0 Å². The Kier molecular flexibility index (Phi) is 8.33. The number of urea groups is 1. The van der Waals surface area contributed by atoms with Crippen LogP contribution in [0.2, 0.25) is 15.1 Å². The number of imide groups is 2. The predicted octanol–water partition coefficient (Wildman–Crippen LogP) is 6.81. The number of amides is 4. The molecule has 0 saturated carbocycles. The number of methoxy groups -OCH3 is 1. The first-order valence-corrected chi connectivity index (χ1v) is 12.9. The van der Waals surface area contributed by atoms with Crippen molar-refractivity contribution in [2.45, 2.75) is 13.5 Å². The van der Waals surface area contributed by atoms with E-state index in [1.807, 2.05) is 0 Å². The monoisotopic (exact) mass is 670 g/mol. The molecular weight excluding hydrogens is 654 g/mol. The van der Waals surface area contributed by atoms with Crippen LogP contribution in [0.1, 0.15) is 16.7 Å². The maximum absolute atomic E-state index is 13.3. The lowest BCUT2D eigenvalue weighted by molar-refractivity contribution is -0.122. The SMILES string of the molecule is COc1cc(/C=C2\C(=O)NC(=O)N(c3cccc(Cl)c3C)C2=O)cc(I)c1OCc1ccc(Cl)c(Cl)c1. The molecule has 7 nitrogen and oxygen atoms in total. The molecule has 1 aliphatic heterocycles. The van der Waals surface area contributed by atoms with Crippen molar-refractivity contribution in [3.05, 3.63) is 89.4 Å². The van der Waals surface area contributed by atoms with Crippen molar-refractivity contribution in [1.82, 2.24) is 5.32 Å². The van der Waals surface area contributed by atoms with Gasteiger partial charge in [0.25, 0.3) is 11.8 Å². The molecule has 0 aliphatic carbocycles. The van der Waals surface area contributed by atoms with Gasteiger partial charge in [0.2, 0.25) is 0 Å². The summed E-state index contributed by atoms with van der Waals surface area (Å²) in [7, 11) is 1.48. The summed E-state index contributed by atoms with van der Waals surface area (Å²) in [6, 6.07) is 12.6. The first-order chi connectivity index (χ1) is 17.6. The third-order valence-electron chi connectivity index (χ3n) is 5.51. The summed E-state index contributed by atoms with van der Waals surface area (Å²) < 4.78 is 12.2. The summed E-state index contributed by atoms with van der Waals surface area (Å²) >= 11 is 20.3. The highest BCUT2D eigenvalue weighted by Gasteiger charge is 2.37. The summed E-state index contributed by atoms with van der Waals surface area (Å²) in [4.78, 5) is 39.3. The van der Waals surface area contributed by atoms with Crippen molar-refractivity contribution < 1.29 is 23.9 Å². The zero-order valence-electron chi connectivity index (χ0n) is 19.4. The number of carbonyl (C=O) groups excluding carboxylic acids is 3. The van der Waals surface area contributed by atoms with Crippen LogP contribution >= 0.6 is 57.4 Å². The Morgan fingerprint density at radius 2 is 1.76 bits per heavy atom. The largest absolute Gasteiger partial charge is 0.493 e. The maximum atomic E-state index is 13.3. The van der Waals surface area contributed by atoms with Gasteiger partial charge in [-0.3, -0.25) is 14.9 Å². The number of anilines is 1. The molecule has 0 bridgehead atoms. The molecule has 1 fully saturated rings. The van der Waals surface area contributed by atoms with Gasteiger partial charge in [0.05, 0.1) is 26.4 Å². The third-order valence-corrected chi connectivity index (χ3v) is 7.46. The standard InChI is InChI=1S/C26H18Cl3IN2O5/c1-13-17(27)4-3-5-21(13)32-25(34)16(24(33)31-26(32)35)8-15-10-20(30)23(22(11-15)36-2)37-12-14-6-7-18(28)19(29)9-14/h3-11H,12H2,1-2H3,(H,31,33,35)/b16-8+. The minimum atomic E-state index is -0.851. The van der Waals surface area contributed by atoms with Gasteiger partial charge in [0.1, 0.15) is 12.2 Å². The quantitative estimate of drug-likeness (QED) is 0.177. The average Bonchev–Trinajstić information content (AvgIpc) is 2.85. The van der Waals surface area contributed by atoms with Gasteiger partial charge in [-0.05, 0) is 88.7 Å². The van der Waals surface area contributed by atoms with Crippen LogP contribution in [0.3, 0.4) is 0 Å². The van der Waals surface area contributed by atoms with E-state index in [0.717, 1.165) is 10.5 Å². The number of nitrogens with zero attached hydrogens (tertiary/aromatic N) is 1. The second-order valence-electron chi connectivity index (χ2n) is 7.91. The molecule has 4 rings (SSSR count). The topological polar surface area (TPSA) is 84.9 Å². The Labute approximate surface area is 241 Å². The molecule has 3 aromatic rings. The molecule has 0 aromatic heterocycles. The normalized spacial score (nSPS) is 14.7. The molecule has 0 spiro atoms. The molecular formula is C26H18Cl3IN2O5. The minimum absolute atomic E-state index is 0.209. The van der Waals surface area contributed by atoms with E-state index >= 15 is 0 Å². The van der Waals surface area contributed by atoms with Crippen molar-refractivity contribution in [3.63, 3.8) is 0 Å². The highest BCUT2D eigenvalue weighted by Crippen LogP contribution is 2.36. The van der Waals surface area contributed by atoms with Crippen molar-refractivity contribution in [3.8, 4) is 11.5 Å². The summed E-state index contributed by atoms with van der Waals surface area (Å²) in [5, 5.41) is 3.47. The molecule has 0 atom stereocenters. The van der Waals surface area contributed by atoms with Crippen molar-refractivity contribution >= 4 is 87.0 Å². The summed E-state index contributed by atoms with van der Waals surface area (Å²) in [5.41, 5.74) is 1.90. The Hall–Kier alpha value is -2.79. The van der Waals surface area contributed by atoms with Crippen LogP contribution < -0.4 is 19.7 Å². The molecule has 3 aromatic carbocycles. The van der Waals surface area contributed by atoms with Crippen LogP contribution in [0.25, 0.3) is 6.08 Å². The fourth-order valence-electron chi connectivity index (χ4n) is 3.63. The van der Waals surface area contributed by atoms with Gasteiger partial charge >= 0.3 is 6.03 Å². The van der Waals surface area contributed by atoms with Gasteiger partial charge in [-0.15, -0.1) is 0 Å². The van der Waals surface area contributed by atoms with E-state index in [1.54, 1.807) is 55.5 Å². The molecule has 0 radical (unpaired) electrons. The zero-order valence-corrected chi connectivity index (χ0v) is 23.8. The highest BCUT2D eigenvalue weighted by atomic mass is 127. The molecule has 0 unspecified atom stereocenters. The number of halogens is 4. The van der Waals surface area contributed by atoms with Crippen LogP contribution in [-0.4, -0.2) is 25.0 Å². The molecule has 190 valence electrons. The van der Waals surface area contributed by atoms with Crippen molar-refractivity contribution in [2.24, 2.45) is 0 Å². The smallest absolute Gasteiger partial charge is 0.335 e. The van der Waals surface area contributed by atoms with E-state index in [1.165, 1.54) is 13.2 Å². The third kappa shape index (κ3) is 5.72. The summed E-state index contributed by atoms with van der Waals surface area (Å²) in [6.07, 6.45) is 1.39. The van der Waals surface area contributed by atoms with E-state index in [-0.39, 0.29) is 17.9 Å². The Balaban J connectivity index is 1.65. The number of nitrogens with one attached hydrogen (secondary N) is 1. The van der Waals surface area contributed by atoms with Gasteiger partial charge in [-0.1, -0.05) is 46.9 Å². The van der Waals surface area contributed by atoms with E-state index < -0.39 is 17.8 Å². The number of ether oxygens (including phenoxy) is 2. The molecule has 11 heteroatoms. The molecule has 1 N–H and O–H groups in total. The summed E-state index contributed by atoms with van der Waals surface area (Å²) in [5.74, 6) is -0.712. The first kappa shape index (κ1) is 27.3. The number of barbiturate groups is 1. The number of rotatable bonds is 6. The second-order valence-corrected chi connectivity index (χ2v) is 10.3. The molecule has 1 aliphatic rings. The number of benzene rings is 3. The zero-order chi connectivity index (χ0) is 26.9. The number of hydrogen-bond acceptors (Lipinski definition) is 5. The number of carbonyl (C=O) groups is 3. The lowest BCUT2D eigenvalue weighted by atomic mass is 10.1.